The van der Waals surface area contributed by atoms with Crippen LogP contribution in [0.1, 0.15) is 20.3 Å². The van der Waals surface area contributed by atoms with Gasteiger partial charge in [-0.15, -0.1) is 0 Å². The minimum atomic E-state index is -0.763. The number of ether oxygens (including phenoxy) is 1. The summed E-state index contributed by atoms with van der Waals surface area (Å²) in [6.07, 6.45) is -0.616. The molecule has 1 aliphatic rings. The number of benzene rings is 1. The first-order chi connectivity index (χ1) is 8.34. The first-order valence-corrected chi connectivity index (χ1v) is 5.61. The third kappa shape index (κ3) is 1.92. The maximum atomic E-state index is 13.6. The molecule has 1 aromatic rings. The zero-order valence-corrected chi connectivity index (χ0v) is 10.1. The van der Waals surface area contributed by atoms with Gasteiger partial charge in [-0.2, -0.15) is 0 Å². The highest BCUT2D eigenvalue weighted by atomic mass is 19.1. The van der Waals surface area contributed by atoms with Crippen molar-refractivity contribution in [3.63, 3.8) is 0 Å². The van der Waals surface area contributed by atoms with Crippen molar-refractivity contribution in [3.05, 3.63) is 34.1 Å². The molecular weight excluding hydrogens is 241 g/mol. The quantitative estimate of drug-likeness (QED) is 0.664. The molecule has 0 aliphatic heterocycles. The molecule has 98 valence electrons. The number of aliphatic hydroxyl groups excluding tert-OH is 1. The van der Waals surface area contributed by atoms with Crippen molar-refractivity contribution in [2.24, 2.45) is 5.41 Å². The molecule has 2 atom stereocenters. The second-order valence-corrected chi connectivity index (χ2v) is 5.02. The maximum Gasteiger partial charge on any atom is 0.314 e. The van der Waals surface area contributed by atoms with Gasteiger partial charge in [-0.05, 0) is 6.07 Å². The second-order valence-electron chi connectivity index (χ2n) is 5.02. The van der Waals surface area contributed by atoms with Crippen LogP contribution >= 0.6 is 0 Å². The van der Waals surface area contributed by atoms with E-state index in [1.54, 1.807) is 13.8 Å². The van der Waals surface area contributed by atoms with Crippen LogP contribution in [0, 0.1) is 21.3 Å². The molecule has 1 saturated carbocycles. The van der Waals surface area contributed by atoms with Gasteiger partial charge in [0, 0.05) is 17.9 Å². The summed E-state index contributed by atoms with van der Waals surface area (Å²) in [6, 6.07) is 3.58. The number of hydrogen-bond acceptors (Lipinski definition) is 4. The van der Waals surface area contributed by atoms with Crippen LogP contribution in [0.3, 0.4) is 0 Å². The molecule has 1 aromatic carbocycles. The summed E-state index contributed by atoms with van der Waals surface area (Å²) < 4.78 is 19.0. The monoisotopic (exact) mass is 255 g/mol. The van der Waals surface area contributed by atoms with Gasteiger partial charge in [0.1, 0.15) is 6.10 Å². The Labute approximate surface area is 103 Å². The van der Waals surface area contributed by atoms with Crippen LogP contribution in [0.4, 0.5) is 10.1 Å². The maximum absolute atomic E-state index is 13.6. The number of hydrogen-bond donors (Lipinski definition) is 1. The van der Waals surface area contributed by atoms with E-state index in [0.717, 1.165) is 6.07 Å². The topological polar surface area (TPSA) is 72.6 Å². The lowest BCUT2D eigenvalue weighted by molar-refractivity contribution is -0.386. The van der Waals surface area contributed by atoms with Crippen LogP contribution < -0.4 is 4.74 Å². The van der Waals surface area contributed by atoms with E-state index in [0.29, 0.717) is 6.42 Å². The summed E-state index contributed by atoms with van der Waals surface area (Å²) in [7, 11) is 0. The molecule has 0 heterocycles. The van der Waals surface area contributed by atoms with Gasteiger partial charge >= 0.3 is 5.69 Å². The Morgan fingerprint density at radius 1 is 1.56 bits per heavy atom. The third-order valence-corrected chi connectivity index (χ3v) is 3.53. The molecule has 2 unspecified atom stereocenters. The fourth-order valence-electron chi connectivity index (χ4n) is 1.96. The number of nitrogens with zero attached hydrogens (tertiary/aromatic N) is 1. The van der Waals surface area contributed by atoms with Gasteiger partial charge < -0.3 is 9.84 Å². The number of nitro benzene ring substituents is 1. The van der Waals surface area contributed by atoms with Crippen molar-refractivity contribution < 1.29 is 19.2 Å². The number of rotatable bonds is 3. The Balaban J connectivity index is 2.27. The lowest BCUT2D eigenvalue weighted by Gasteiger charge is -2.48. The Morgan fingerprint density at radius 2 is 2.22 bits per heavy atom. The number of para-hydroxylation sites is 1. The van der Waals surface area contributed by atoms with Crippen molar-refractivity contribution in [1.82, 2.24) is 0 Å². The average molecular weight is 255 g/mol. The summed E-state index contributed by atoms with van der Waals surface area (Å²) in [6.45, 7) is 3.55. The van der Waals surface area contributed by atoms with E-state index in [4.69, 9.17) is 4.74 Å². The first kappa shape index (κ1) is 12.8. The van der Waals surface area contributed by atoms with E-state index >= 15 is 0 Å². The molecule has 0 aromatic heterocycles. The molecule has 1 aliphatic carbocycles. The second kappa shape index (κ2) is 4.20. The lowest BCUT2D eigenvalue weighted by Crippen LogP contribution is -2.56. The molecule has 1 fully saturated rings. The van der Waals surface area contributed by atoms with Gasteiger partial charge in [-0.3, -0.25) is 10.1 Å². The standard InChI is InChI=1S/C12H14FNO4/c1-12(2)9(15)6-10(12)18-11-7(13)4-3-5-8(11)14(16)17/h3-5,9-10,15H,6H2,1-2H3. The first-order valence-electron chi connectivity index (χ1n) is 5.61. The Bertz CT molecular complexity index is 489. The summed E-state index contributed by atoms with van der Waals surface area (Å²) in [5.41, 5.74) is -0.928. The minimum absolute atomic E-state index is 0.346. The average Bonchev–Trinajstić information content (AvgIpc) is 2.30. The molecule has 5 nitrogen and oxygen atoms in total. The predicted molar refractivity (Wildman–Crippen MR) is 61.9 cm³/mol. The summed E-state index contributed by atoms with van der Waals surface area (Å²) >= 11 is 0. The Morgan fingerprint density at radius 3 is 2.72 bits per heavy atom. The van der Waals surface area contributed by atoms with Gasteiger partial charge in [-0.1, -0.05) is 19.9 Å². The van der Waals surface area contributed by atoms with Crippen LogP contribution in [-0.2, 0) is 0 Å². The summed E-state index contributed by atoms with van der Waals surface area (Å²) in [5, 5.41) is 20.4. The zero-order chi connectivity index (χ0) is 13.5. The van der Waals surface area contributed by atoms with Crippen molar-refractivity contribution in [2.45, 2.75) is 32.5 Å². The molecule has 2 rings (SSSR count). The highest BCUT2D eigenvalue weighted by molar-refractivity contribution is 5.47. The van der Waals surface area contributed by atoms with E-state index in [2.05, 4.69) is 0 Å². The summed E-state index contributed by atoms with van der Waals surface area (Å²) in [5.74, 6) is -1.12. The fraction of sp³-hybridized carbons (Fsp3) is 0.500. The molecule has 18 heavy (non-hydrogen) atoms. The van der Waals surface area contributed by atoms with E-state index < -0.39 is 34.1 Å². The molecule has 0 bridgehead atoms. The lowest BCUT2D eigenvalue weighted by atomic mass is 9.66. The van der Waals surface area contributed by atoms with Gasteiger partial charge in [0.25, 0.3) is 0 Å². The van der Waals surface area contributed by atoms with Crippen LogP contribution in [0.2, 0.25) is 0 Å². The van der Waals surface area contributed by atoms with Crippen molar-refractivity contribution in [3.8, 4) is 5.75 Å². The summed E-state index contributed by atoms with van der Waals surface area (Å²) in [4.78, 5) is 10.1. The zero-order valence-electron chi connectivity index (χ0n) is 10.1. The van der Waals surface area contributed by atoms with Gasteiger partial charge in [0.15, 0.2) is 5.82 Å². The molecule has 6 heteroatoms. The smallest absolute Gasteiger partial charge is 0.314 e. The molecule has 1 N–H and O–H groups in total. The molecule has 0 spiro atoms. The molecule has 0 radical (unpaired) electrons. The third-order valence-electron chi connectivity index (χ3n) is 3.53. The van der Waals surface area contributed by atoms with Gasteiger partial charge in [-0.25, -0.2) is 4.39 Å². The van der Waals surface area contributed by atoms with E-state index in [9.17, 15) is 19.6 Å². The van der Waals surface area contributed by atoms with Crippen LogP contribution in [0.25, 0.3) is 0 Å². The number of nitro groups is 1. The predicted octanol–water partition coefficient (Wildman–Crippen LogP) is 2.27. The van der Waals surface area contributed by atoms with Crippen molar-refractivity contribution in [1.29, 1.82) is 0 Å². The molecular formula is C12H14FNO4. The van der Waals surface area contributed by atoms with Crippen molar-refractivity contribution >= 4 is 5.69 Å². The highest BCUT2D eigenvalue weighted by Gasteiger charge is 2.50. The van der Waals surface area contributed by atoms with Gasteiger partial charge in [0.05, 0.1) is 11.0 Å². The molecule has 0 amide bonds. The van der Waals surface area contributed by atoms with Gasteiger partial charge in [0.2, 0.25) is 5.75 Å². The fourth-order valence-corrected chi connectivity index (χ4v) is 1.96. The van der Waals surface area contributed by atoms with Crippen LogP contribution in [-0.4, -0.2) is 22.2 Å². The van der Waals surface area contributed by atoms with E-state index in [-0.39, 0.29) is 5.75 Å². The van der Waals surface area contributed by atoms with Crippen molar-refractivity contribution in [2.75, 3.05) is 0 Å². The Hall–Kier alpha value is -1.69. The van der Waals surface area contributed by atoms with Crippen LogP contribution in [0.15, 0.2) is 18.2 Å². The Kier molecular flexibility index (Phi) is 2.98. The SMILES string of the molecule is CC1(C)C(O)CC1Oc1c(F)cccc1[N+](=O)[O-]. The largest absolute Gasteiger partial charge is 0.481 e. The number of aliphatic hydroxyl groups is 1. The molecule has 0 saturated heterocycles. The van der Waals surface area contributed by atoms with E-state index in [1.165, 1.54) is 12.1 Å². The number of halogens is 1. The van der Waals surface area contributed by atoms with E-state index in [1.807, 2.05) is 0 Å². The van der Waals surface area contributed by atoms with Crippen LogP contribution in [0.5, 0.6) is 5.75 Å². The highest BCUT2D eigenvalue weighted by Crippen LogP contribution is 2.44. The minimum Gasteiger partial charge on any atom is -0.481 e. The normalized spacial score (nSPS) is 25.3.